The molecule has 0 bridgehead atoms. The maximum atomic E-state index is 11.8. The number of hydrogen-bond acceptors (Lipinski definition) is 5. The van der Waals surface area contributed by atoms with Gasteiger partial charge < -0.3 is 15.8 Å². The maximum absolute atomic E-state index is 11.8. The summed E-state index contributed by atoms with van der Waals surface area (Å²) in [4.78, 5) is 38.0. The van der Waals surface area contributed by atoms with Crippen molar-refractivity contribution in [2.45, 2.75) is 19.4 Å². The van der Waals surface area contributed by atoms with Crippen molar-refractivity contribution in [3.05, 3.63) is 30.1 Å². The zero-order valence-corrected chi connectivity index (χ0v) is 10.5. The molecule has 0 aliphatic heterocycles. The van der Waals surface area contributed by atoms with Gasteiger partial charge in [-0.05, 0) is 19.1 Å². The molecule has 1 heterocycles. The molecule has 0 aliphatic rings. The van der Waals surface area contributed by atoms with Crippen molar-refractivity contribution < 1.29 is 19.1 Å². The summed E-state index contributed by atoms with van der Waals surface area (Å²) in [6.07, 6.45) is 2.56. The van der Waals surface area contributed by atoms with E-state index in [2.05, 4.69) is 10.3 Å². The van der Waals surface area contributed by atoms with Gasteiger partial charge in [0.25, 0.3) is 5.91 Å². The molecule has 102 valence electrons. The molecule has 0 spiro atoms. The highest BCUT2D eigenvalue weighted by molar-refractivity contribution is 5.98. The Morgan fingerprint density at radius 2 is 2.21 bits per heavy atom. The van der Waals surface area contributed by atoms with Crippen LogP contribution in [-0.4, -0.2) is 35.4 Å². The average Bonchev–Trinajstić information content (AvgIpc) is 2.39. The number of carbonyl (C=O) groups is 3. The van der Waals surface area contributed by atoms with E-state index in [1.807, 2.05) is 0 Å². The van der Waals surface area contributed by atoms with Crippen molar-refractivity contribution in [1.82, 2.24) is 10.3 Å². The second kappa shape index (κ2) is 7.10. The number of carbonyl (C=O) groups excluding carboxylic acids is 3. The molecule has 1 rings (SSSR count). The highest BCUT2D eigenvalue weighted by Gasteiger charge is 2.22. The van der Waals surface area contributed by atoms with Gasteiger partial charge in [-0.15, -0.1) is 0 Å². The first kappa shape index (κ1) is 14.6. The van der Waals surface area contributed by atoms with Crippen molar-refractivity contribution >= 4 is 17.8 Å². The average molecular weight is 265 g/mol. The molecule has 0 aliphatic carbocycles. The quantitative estimate of drug-likeness (QED) is 0.681. The van der Waals surface area contributed by atoms with Crippen molar-refractivity contribution in [2.24, 2.45) is 5.73 Å². The third-order valence-electron chi connectivity index (χ3n) is 2.25. The summed E-state index contributed by atoms with van der Waals surface area (Å²) >= 11 is 0. The molecule has 0 saturated carbocycles. The van der Waals surface area contributed by atoms with Gasteiger partial charge in [-0.25, -0.2) is 0 Å². The molecule has 7 heteroatoms. The Labute approximate surface area is 110 Å². The molecule has 1 aromatic heterocycles. The third-order valence-corrected chi connectivity index (χ3v) is 2.25. The number of nitrogens with zero attached hydrogens (tertiary/aromatic N) is 1. The second-order valence-electron chi connectivity index (χ2n) is 3.68. The molecule has 1 aromatic rings. The van der Waals surface area contributed by atoms with E-state index in [0.717, 1.165) is 0 Å². The molecule has 7 nitrogen and oxygen atoms in total. The van der Waals surface area contributed by atoms with Gasteiger partial charge in [0.05, 0.1) is 18.6 Å². The third kappa shape index (κ3) is 4.74. The number of pyridine rings is 1. The predicted molar refractivity (Wildman–Crippen MR) is 65.9 cm³/mol. The molecule has 1 atom stereocenters. The molecular weight excluding hydrogens is 250 g/mol. The number of hydrogen-bond donors (Lipinski definition) is 2. The van der Waals surface area contributed by atoms with Crippen LogP contribution in [0, 0.1) is 0 Å². The van der Waals surface area contributed by atoms with E-state index in [9.17, 15) is 14.4 Å². The predicted octanol–water partition coefficient (Wildman–Crippen LogP) is -0.381. The monoisotopic (exact) mass is 265 g/mol. The van der Waals surface area contributed by atoms with Crippen molar-refractivity contribution in [3.8, 4) is 0 Å². The molecule has 0 radical (unpaired) electrons. The molecule has 0 fully saturated rings. The number of nitrogens with one attached hydrogen (secondary N) is 1. The van der Waals surface area contributed by atoms with Gasteiger partial charge in [-0.3, -0.25) is 19.4 Å². The number of nitrogens with two attached hydrogens (primary N) is 1. The zero-order valence-electron chi connectivity index (χ0n) is 10.5. The lowest BCUT2D eigenvalue weighted by molar-refractivity contribution is -0.145. The normalized spacial score (nSPS) is 11.4. The first-order valence-electron chi connectivity index (χ1n) is 5.70. The van der Waals surface area contributed by atoms with Crippen LogP contribution in [0.15, 0.2) is 24.5 Å². The molecular formula is C12H15N3O4. The summed E-state index contributed by atoms with van der Waals surface area (Å²) < 4.78 is 4.70. The summed E-state index contributed by atoms with van der Waals surface area (Å²) in [5.41, 5.74) is 5.41. The first-order valence-corrected chi connectivity index (χ1v) is 5.70. The Kier molecular flexibility index (Phi) is 5.46. The van der Waals surface area contributed by atoms with Gasteiger partial charge in [0, 0.05) is 12.4 Å². The Bertz CT molecular complexity index is 461. The summed E-state index contributed by atoms with van der Waals surface area (Å²) in [5.74, 6) is -1.93. The Hall–Kier alpha value is -2.44. The molecule has 19 heavy (non-hydrogen) atoms. The van der Waals surface area contributed by atoms with E-state index in [4.69, 9.17) is 10.5 Å². The van der Waals surface area contributed by atoms with Crippen molar-refractivity contribution in [3.63, 3.8) is 0 Å². The minimum Gasteiger partial charge on any atom is -0.466 e. The largest absolute Gasteiger partial charge is 0.466 e. The zero-order chi connectivity index (χ0) is 14.3. The fourth-order valence-corrected chi connectivity index (χ4v) is 1.35. The van der Waals surface area contributed by atoms with Gasteiger partial charge in [-0.2, -0.15) is 0 Å². The minimum atomic E-state index is -1.10. The lowest BCUT2D eigenvalue weighted by Gasteiger charge is -2.14. The number of aromatic nitrogens is 1. The lowest BCUT2D eigenvalue weighted by atomic mass is 10.1. The van der Waals surface area contributed by atoms with E-state index < -0.39 is 23.8 Å². The van der Waals surface area contributed by atoms with Gasteiger partial charge in [0.2, 0.25) is 5.91 Å². The van der Waals surface area contributed by atoms with E-state index in [1.54, 1.807) is 13.0 Å². The van der Waals surface area contributed by atoms with Crippen LogP contribution < -0.4 is 11.1 Å². The van der Waals surface area contributed by atoms with Gasteiger partial charge in [-0.1, -0.05) is 0 Å². The van der Waals surface area contributed by atoms with E-state index >= 15 is 0 Å². The number of primary amides is 1. The van der Waals surface area contributed by atoms with Crippen molar-refractivity contribution in [1.29, 1.82) is 0 Å². The minimum absolute atomic E-state index is 0.195. The van der Waals surface area contributed by atoms with Crippen LogP contribution in [0.4, 0.5) is 0 Å². The number of ether oxygens (including phenoxy) is 1. The Balaban J connectivity index is 2.66. The van der Waals surface area contributed by atoms with Gasteiger partial charge in [0.15, 0.2) is 0 Å². The molecule has 0 aromatic carbocycles. The van der Waals surface area contributed by atoms with Crippen LogP contribution >= 0.6 is 0 Å². The smallest absolute Gasteiger partial charge is 0.308 e. The van der Waals surface area contributed by atoms with Crippen LogP contribution in [0.1, 0.15) is 23.7 Å². The Morgan fingerprint density at radius 1 is 1.47 bits per heavy atom. The van der Waals surface area contributed by atoms with E-state index in [-0.39, 0.29) is 18.6 Å². The standard InChI is InChI=1S/C12H15N3O4/c1-2-19-10(16)6-9(11(13)17)15-12(18)8-4-3-5-14-7-8/h3-5,7,9H,2,6H2,1H3,(H2,13,17)(H,15,18)/t9-/m0/s1. The van der Waals surface area contributed by atoms with E-state index in [0.29, 0.717) is 0 Å². The summed E-state index contributed by atoms with van der Waals surface area (Å²) in [7, 11) is 0. The van der Waals surface area contributed by atoms with Crippen molar-refractivity contribution in [2.75, 3.05) is 6.61 Å². The first-order chi connectivity index (χ1) is 9.04. The number of esters is 1. The summed E-state index contributed by atoms with van der Waals surface area (Å²) in [6, 6.07) is 2.01. The van der Waals surface area contributed by atoms with Crippen LogP contribution in [-0.2, 0) is 14.3 Å². The molecule has 0 unspecified atom stereocenters. The van der Waals surface area contributed by atoms with Crippen LogP contribution in [0.25, 0.3) is 0 Å². The van der Waals surface area contributed by atoms with Crippen LogP contribution in [0.3, 0.4) is 0 Å². The summed E-state index contributed by atoms with van der Waals surface area (Å²) in [5, 5.41) is 2.37. The fraction of sp³-hybridized carbons (Fsp3) is 0.333. The van der Waals surface area contributed by atoms with Crippen LogP contribution in [0.5, 0.6) is 0 Å². The number of amides is 2. The Morgan fingerprint density at radius 3 is 2.74 bits per heavy atom. The lowest BCUT2D eigenvalue weighted by Crippen LogP contribution is -2.45. The fourth-order valence-electron chi connectivity index (χ4n) is 1.35. The molecule has 3 N–H and O–H groups in total. The number of rotatable bonds is 6. The topological polar surface area (TPSA) is 111 Å². The SMILES string of the molecule is CCOC(=O)C[C@H](NC(=O)c1cccnc1)C(N)=O. The van der Waals surface area contributed by atoms with E-state index in [1.165, 1.54) is 18.5 Å². The van der Waals surface area contributed by atoms with Crippen LogP contribution in [0.2, 0.25) is 0 Å². The second-order valence-corrected chi connectivity index (χ2v) is 3.68. The maximum Gasteiger partial charge on any atom is 0.308 e. The highest BCUT2D eigenvalue weighted by Crippen LogP contribution is 2.00. The highest BCUT2D eigenvalue weighted by atomic mass is 16.5. The summed E-state index contributed by atoms with van der Waals surface area (Å²) in [6.45, 7) is 1.84. The van der Waals surface area contributed by atoms with Gasteiger partial charge in [0.1, 0.15) is 6.04 Å². The molecule has 2 amide bonds. The molecule has 0 saturated heterocycles. The van der Waals surface area contributed by atoms with Gasteiger partial charge >= 0.3 is 5.97 Å².